The second-order valence-electron chi connectivity index (χ2n) is 12.1. The minimum atomic E-state index is 1.18. The van der Waals surface area contributed by atoms with Crippen LogP contribution in [0, 0.1) is 0 Å². The Kier molecular flexibility index (Phi) is 5.58. The van der Waals surface area contributed by atoms with E-state index in [0.29, 0.717) is 0 Å². The summed E-state index contributed by atoms with van der Waals surface area (Å²) < 4.78 is 2.41. The molecule has 0 amide bonds. The first-order chi connectivity index (χ1) is 22.8. The van der Waals surface area contributed by atoms with Crippen LogP contribution in [0.15, 0.2) is 174 Å². The Morgan fingerprint density at radius 1 is 0.370 bits per heavy atom. The normalized spacial score (nSPS) is 12.3. The second kappa shape index (κ2) is 9.97. The van der Waals surface area contributed by atoms with Gasteiger partial charge in [-0.15, -0.1) is 0 Å². The summed E-state index contributed by atoms with van der Waals surface area (Å²) in [6.07, 6.45) is 0. The molecule has 1 aromatic heterocycles. The molecule has 214 valence electrons. The van der Waals surface area contributed by atoms with Crippen molar-refractivity contribution in [3.8, 4) is 39.1 Å². The van der Waals surface area contributed by atoms with Crippen LogP contribution in [0.1, 0.15) is 0 Å². The van der Waals surface area contributed by atoms with Crippen molar-refractivity contribution in [2.24, 2.45) is 0 Å². The van der Waals surface area contributed by atoms with Crippen molar-refractivity contribution in [3.05, 3.63) is 164 Å². The number of hydrogen-bond donors (Lipinski definition) is 0. The van der Waals surface area contributed by atoms with Crippen LogP contribution in [-0.4, -0.2) is 4.57 Å². The fraction of sp³-hybridized carbons (Fsp3) is 0. The van der Waals surface area contributed by atoms with Crippen molar-refractivity contribution in [1.29, 1.82) is 0 Å². The molecule has 0 radical (unpaired) electrons. The van der Waals surface area contributed by atoms with Gasteiger partial charge in [-0.25, -0.2) is 0 Å². The van der Waals surface area contributed by atoms with E-state index in [1.54, 1.807) is 0 Å². The number of fused-ring (bicyclic) bond motifs is 6. The molecule has 46 heavy (non-hydrogen) atoms. The maximum Gasteiger partial charge on any atom is 0.0547 e. The summed E-state index contributed by atoms with van der Waals surface area (Å²) in [6, 6.07) is 60.2. The van der Waals surface area contributed by atoms with Crippen molar-refractivity contribution in [3.63, 3.8) is 0 Å². The SMILES string of the molecule is c1ccc(-n2c3ccc(-c4ccccc4-c4ccc5c6c(cccc46)-c4ccccc4S5)cc3c3cc4ccccc4cc32)cc1. The number of nitrogens with zero attached hydrogens (tertiary/aromatic N) is 1. The average Bonchev–Trinajstić information content (AvgIpc) is 3.43. The Bertz CT molecular complexity index is 2660. The highest BCUT2D eigenvalue weighted by molar-refractivity contribution is 7.99. The number of benzene rings is 8. The van der Waals surface area contributed by atoms with Gasteiger partial charge in [-0.2, -0.15) is 0 Å². The fourth-order valence-corrected chi connectivity index (χ4v) is 8.64. The van der Waals surface area contributed by atoms with E-state index >= 15 is 0 Å². The van der Waals surface area contributed by atoms with Crippen LogP contribution in [0.5, 0.6) is 0 Å². The number of hydrogen-bond acceptors (Lipinski definition) is 1. The number of para-hydroxylation sites is 1. The largest absolute Gasteiger partial charge is 0.309 e. The highest BCUT2D eigenvalue weighted by atomic mass is 32.2. The molecule has 0 saturated carbocycles. The van der Waals surface area contributed by atoms with Crippen LogP contribution in [0.4, 0.5) is 0 Å². The van der Waals surface area contributed by atoms with E-state index in [2.05, 4.69) is 168 Å². The van der Waals surface area contributed by atoms with Gasteiger partial charge < -0.3 is 4.57 Å². The molecule has 1 aliphatic rings. The van der Waals surface area contributed by atoms with Crippen LogP contribution >= 0.6 is 11.8 Å². The van der Waals surface area contributed by atoms with Crippen LogP contribution in [0.3, 0.4) is 0 Å². The van der Waals surface area contributed by atoms with Gasteiger partial charge in [0.15, 0.2) is 0 Å². The zero-order chi connectivity index (χ0) is 30.2. The van der Waals surface area contributed by atoms with Gasteiger partial charge >= 0.3 is 0 Å². The van der Waals surface area contributed by atoms with E-state index in [1.807, 2.05) is 11.8 Å². The van der Waals surface area contributed by atoms with Gasteiger partial charge in [-0.05, 0) is 98.1 Å². The predicted octanol–water partition coefficient (Wildman–Crippen LogP) is 12.6. The Balaban J connectivity index is 1.22. The maximum absolute atomic E-state index is 2.41. The third-order valence-electron chi connectivity index (χ3n) is 9.57. The zero-order valence-corrected chi connectivity index (χ0v) is 25.8. The Hall–Kier alpha value is -5.57. The van der Waals surface area contributed by atoms with E-state index in [4.69, 9.17) is 0 Å². The van der Waals surface area contributed by atoms with Gasteiger partial charge in [-0.1, -0.05) is 127 Å². The Morgan fingerprint density at radius 2 is 1.07 bits per heavy atom. The average molecular weight is 602 g/mol. The monoisotopic (exact) mass is 601 g/mol. The molecule has 1 aliphatic heterocycles. The highest BCUT2D eigenvalue weighted by Crippen LogP contribution is 2.50. The molecule has 0 N–H and O–H groups in total. The summed E-state index contributed by atoms with van der Waals surface area (Å²) in [4.78, 5) is 2.65. The molecule has 0 fully saturated rings. The number of rotatable bonds is 3. The molecule has 1 nitrogen and oxygen atoms in total. The summed E-state index contributed by atoms with van der Waals surface area (Å²) in [5.41, 5.74) is 11.3. The summed E-state index contributed by atoms with van der Waals surface area (Å²) in [7, 11) is 0. The molecule has 2 heteroatoms. The first kappa shape index (κ1) is 25.7. The third kappa shape index (κ3) is 3.77. The molecular formula is C44H27NS. The van der Waals surface area contributed by atoms with Gasteiger partial charge in [-0.3, -0.25) is 0 Å². The van der Waals surface area contributed by atoms with Crippen molar-refractivity contribution in [2.45, 2.75) is 9.79 Å². The molecule has 9 aromatic rings. The van der Waals surface area contributed by atoms with Crippen LogP contribution in [-0.2, 0) is 0 Å². The zero-order valence-electron chi connectivity index (χ0n) is 24.9. The molecule has 0 atom stereocenters. The lowest BCUT2D eigenvalue weighted by molar-refractivity contribution is 1.18. The highest BCUT2D eigenvalue weighted by Gasteiger charge is 2.22. The summed E-state index contributed by atoms with van der Waals surface area (Å²) in [6.45, 7) is 0. The molecule has 2 heterocycles. The van der Waals surface area contributed by atoms with Gasteiger partial charge in [0.25, 0.3) is 0 Å². The predicted molar refractivity (Wildman–Crippen MR) is 196 cm³/mol. The van der Waals surface area contributed by atoms with Crippen LogP contribution in [0.2, 0.25) is 0 Å². The van der Waals surface area contributed by atoms with E-state index in [-0.39, 0.29) is 0 Å². The number of aromatic nitrogens is 1. The Labute approximate surface area is 271 Å². The summed E-state index contributed by atoms with van der Waals surface area (Å²) in [5, 5.41) is 7.71. The molecule has 8 aromatic carbocycles. The molecule has 0 bridgehead atoms. The second-order valence-corrected chi connectivity index (χ2v) is 13.2. The topological polar surface area (TPSA) is 4.93 Å². The fourth-order valence-electron chi connectivity index (χ4n) is 7.51. The lowest BCUT2D eigenvalue weighted by Gasteiger charge is -2.22. The van der Waals surface area contributed by atoms with E-state index in [1.165, 1.54) is 92.2 Å². The molecule has 0 spiro atoms. The Morgan fingerprint density at radius 3 is 1.93 bits per heavy atom. The molecule has 0 unspecified atom stereocenters. The molecule has 0 aliphatic carbocycles. The summed E-state index contributed by atoms with van der Waals surface area (Å²) >= 11 is 1.88. The van der Waals surface area contributed by atoms with Crippen molar-refractivity contribution in [1.82, 2.24) is 4.57 Å². The maximum atomic E-state index is 2.41. The molecule has 10 rings (SSSR count). The molecular weight excluding hydrogens is 575 g/mol. The van der Waals surface area contributed by atoms with Gasteiger partial charge in [0.05, 0.1) is 11.0 Å². The van der Waals surface area contributed by atoms with Crippen LogP contribution < -0.4 is 0 Å². The van der Waals surface area contributed by atoms with Gasteiger partial charge in [0, 0.05) is 31.6 Å². The third-order valence-corrected chi connectivity index (χ3v) is 10.7. The van der Waals surface area contributed by atoms with Crippen molar-refractivity contribution in [2.75, 3.05) is 0 Å². The van der Waals surface area contributed by atoms with E-state index < -0.39 is 0 Å². The smallest absolute Gasteiger partial charge is 0.0547 e. The summed E-state index contributed by atoms with van der Waals surface area (Å²) in [5.74, 6) is 0. The van der Waals surface area contributed by atoms with E-state index in [9.17, 15) is 0 Å². The minimum absolute atomic E-state index is 1.18. The van der Waals surface area contributed by atoms with Gasteiger partial charge in [0.1, 0.15) is 0 Å². The van der Waals surface area contributed by atoms with E-state index in [0.717, 1.165) is 0 Å². The molecule has 0 saturated heterocycles. The van der Waals surface area contributed by atoms with Gasteiger partial charge in [0.2, 0.25) is 0 Å². The van der Waals surface area contributed by atoms with Crippen LogP contribution in [0.25, 0.3) is 82.4 Å². The van der Waals surface area contributed by atoms with Crippen molar-refractivity contribution >= 4 is 55.1 Å². The first-order valence-electron chi connectivity index (χ1n) is 15.8. The van der Waals surface area contributed by atoms with Crippen molar-refractivity contribution < 1.29 is 0 Å². The lowest BCUT2D eigenvalue weighted by Crippen LogP contribution is -1.95. The quantitative estimate of drug-likeness (QED) is 0.195. The first-order valence-corrected chi connectivity index (χ1v) is 16.6. The lowest BCUT2D eigenvalue weighted by atomic mass is 9.88. The standard InChI is InChI=1S/C44H27NS/c1-2-13-31(14-3-1)45-40-23-21-30(26-38(40)39-25-28-11-4-5-12-29(28)27-41(39)45)32-15-6-7-16-33(32)34-22-24-43-44-36(34)18-10-19-37(44)35-17-8-9-20-42(35)46-43/h1-27H. The minimum Gasteiger partial charge on any atom is -0.309 e.